The molecule has 2 aromatic carbocycles. The number of rotatable bonds is 8. The molecular weight excluding hydrogens is 461 g/mol. The van der Waals surface area contributed by atoms with Gasteiger partial charge < -0.3 is 0 Å². The number of sulfonamides is 1. The molecule has 1 N–H and O–H groups in total. The first-order chi connectivity index (χ1) is 14.8. The molecule has 6 nitrogen and oxygen atoms in total. The van der Waals surface area contributed by atoms with Gasteiger partial charge in [-0.05, 0) is 29.8 Å². The number of nitrogens with one attached hydrogen (secondary N) is 1. The Balaban J connectivity index is 1.80. The van der Waals surface area contributed by atoms with Crippen LogP contribution < -0.4 is 5.32 Å². The second-order valence-electron chi connectivity index (χ2n) is 6.59. The van der Waals surface area contributed by atoms with Crippen LogP contribution in [0.4, 0.5) is 9.52 Å². The smallest absolute Gasteiger partial charge is 0.259 e. The fourth-order valence-corrected chi connectivity index (χ4v) is 5.51. The van der Waals surface area contributed by atoms with Crippen molar-refractivity contribution in [2.75, 3.05) is 18.4 Å². The Morgan fingerprint density at radius 1 is 1.19 bits per heavy atom. The highest BCUT2D eigenvalue weighted by molar-refractivity contribution is 7.89. The Labute approximate surface area is 189 Å². The van der Waals surface area contributed by atoms with Crippen LogP contribution in [0.15, 0.2) is 53.6 Å². The van der Waals surface area contributed by atoms with E-state index in [9.17, 15) is 17.6 Å². The van der Waals surface area contributed by atoms with Crippen LogP contribution in [0.25, 0.3) is 0 Å². The molecule has 164 valence electrons. The van der Waals surface area contributed by atoms with Gasteiger partial charge in [-0.15, -0.1) is 11.3 Å². The largest absolute Gasteiger partial charge is 0.298 e. The summed E-state index contributed by atoms with van der Waals surface area (Å²) < 4.78 is 40.7. The number of anilines is 1. The number of hydrogen-bond donors (Lipinski definition) is 1. The Morgan fingerprint density at radius 2 is 1.90 bits per heavy atom. The third-order valence-electron chi connectivity index (χ3n) is 4.62. The van der Waals surface area contributed by atoms with Crippen molar-refractivity contribution in [2.45, 2.75) is 25.2 Å². The van der Waals surface area contributed by atoms with Crippen LogP contribution in [0.5, 0.6) is 0 Å². The van der Waals surface area contributed by atoms with Crippen molar-refractivity contribution in [1.82, 2.24) is 9.29 Å². The lowest BCUT2D eigenvalue weighted by Crippen LogP contribution is -2.30. The van der Waals surface area contributed by atoms with E-state index >= 15 is 0 Å². The number of nitrogens with zero attached hydrogens (tertiary/aromatic N) is 2. The van der Waals surface area contributed by atoms with E-state index in [0.717, 1.165) is 4.88 Å². The van der Waals surface area contributed by atoms with Crippen molar-refractivity contribution in [3.63, 3.8) is 0 Å². The van der Waals surface area contributed by atoms with Gasteiger partial charge in [0.25, 0.3) is 5.91 Å². The molecular formula is C21H21ClFN3O3S2. The number of hydrogen-bond acceptors (Lipinski definition) is 5. The molecule has 3 rings (SSSR count). The molecule has 0 unspecified atom stereocenters. The minimum absolute atomic E-state index is 0.00914. The van der Waals surface area contributed by atoms with Crippen molar-refractivity contribution in [2.24, 2.45) is 0 Å². The van der Waals surface area contributed by atoms with Crippen LogP contribution in [-0.2, 0) is 16.4 Å². The predicted molar refractivity (Wildman–Crippen MR) is 121 cm³/mol. The first-order valence-corrected chi connectivity index (χ1v) is 12.2. The highest BCUT2D eigenvalue weighted by atomic mass is 35.5. The lowest BCUT2D eigenvalue weighted by atomic mass is 10.1. The lowest BCUT2D eigenvalue weighted by molar-refractivity contribution is 0.102. The molecule has 31 heavy (non-hydrogen) atoms. The summed E-state index contributed by atoms with van der Waals surface area (Å²) in [4.78, 5) is 17.7. The average molecular weight is 482 g/mol. The summed E-state index contributed by atoms with van der Waals surface area (Å²) in [5.41, 5.74) is 0.558. The summed E-state index contributed by atoms with van der Waals surface area (Å²) in [7, 11) is -3.74. The Hall–Kier alpha value is -2.33. The molecule has 1 aromatic heterocycles. The molecule has 0 aliphatic carbocycles. The summed E-state index contributed by atoms with van der Waals surface area (Å²) in [6, 6.07) is 10.5. The quantitative estimate of drug-likeness (QED) is 0.500. The molecule has 0 aliphatic heterocycles. The summed E-state index contributed by atoms with van der Waals surface area (Å²) in [6.07, 6.45) is 1.91. The fourth-order valence-electron chi connectivity index (χ4n) is 2.99. The van der Waals surface area contributed by atoms with E-state index in [1.807, 2.05) is 0 Å². The van der Waals surface area contributed by atoms with Gasteiger partial charge in [0, 0.05) is 30.6 Å². The molecule has 0 spiro atoms. The zero-order valence-corrected chi connectivity index (χ0v) is 19.3. The van der Waals surface area contributed by atoms with E-state index < -0.39 is 15.9 Å². The van der Waals surface area contributed by atoms with Crippen molar-refractivity contribution in [3.8, 4) is 0 Å². The maximum absolute atomic E-state index is 13.8. The van der Waals surface area contributed by atoms with Gasteiger partial charge in [0.1, 0.15) is 5.82 Å². The molecule has 1 heterocycles. The van der Waals surface area contributed by atoms with Crippen LogP contribution in [-0.4, -0.2) is 36.7 Å². The number of thiazole rings is 1. The molecule has 0 radical (unpaired) electrons. The second-order valence-corrected chi connectivity index (χ2v) is 10.0. The predicted octanol–water partition coefficient (Wildman–Crippen LogP) is 4.81. The van der Waals surface area contributed by atoms with Crippen LogP contribution >= 0.6 is 22.9 Å². The molecule has 0 bridgehead atoms. The normalized spacial score (nSPS) is 11.6. The highest BCUT2D eigenvalue weighted by Gasteiger charge is 2.24. The monoisotopic (exact) mass is 481 g/mol. The van der Waals surface area contributed by atoms with E-state index in [1.165, 1.54) is 39.9 Å². The molecule has 0 saturated heterocycles. The van der Waals surface area contributed by atoms with Gasteiger partial charge >= 0.3 is 0 Å². The van der Waals surface area contributed by atoms with E-state index in [2.05, 4.69) is 10.3 Å². The first kappa shape index (κ1) is 23.3. The number of benzene rings is 2. The van der Waals surface area contributed by atoms with E-state index in [4.69, 9.17) is 11.6 Å². The van der Waals surface area contributed by atoms with Crippen LogP contribution in [0, 0.1) is 5.82 Å². The van der Waals surface area contributed by atoms with Gasteiger partial charge in [-0.25, -0.2) is 17.8 Å². The SMILES string of the molecule is CCN(CC)S(=O)(=O)c1ccc(Cl)c(C(=O)Nc2ncc(Cc3ccccc3F)s2)c1. The summed E-state index contributed by atoms with van der Waals surface area (Å²) in [6.45, 7) is 4.11. The van der Waals surface area contributed by atoms with Crippen LogP contribution in [0.3, 0.4) is 0 Å². The Bertz CT molecular complexity index is 1190. The van der Waals surface area contributed by atoms with Crippen LogP contribution in [0.2, 0.25) is 5.02 Å². The minimum atomic E-state index is -3.74. The van der Waals surface area contributed by atoms with E-state index in [-0.39, 0.29) is 21.3 Å². The van der Waals surface area contributed by atoms with E-state index in [1.54, 1.807) is 38.2 Å². The Morgan fingerprint density at radius 3 is 2.58 bits per heavy atom. The zero-order chi connectivity index (χ0) is 22.6. The molecule has 0 saturated carbocycles. The van der Waals surface area contributed by atoms with Gasteiger partial charge in [0.05, 0.1) is 15.5 Å². The minimum Gasteiger partial charge on any atom is -0.298 e. The van der Waals surface area contributed by atoms with Crippen LogP contribution in [0.1, 0.15) is 34.6 Å². The fraction of sp³-hybridized carbons (Fsp3) is 0.238. The third kappa shape index (κ3) is 5.30. The second kappa shape index (κ2) is 9.86. The molecule has 0 fully saturated rings. The zero-order valence-electron chi connectivity index (χ0n) is 16.9. The number of amides is 1. The molecule has 0 aliphatic rings. The van der Waals surface area contributed by atoms with Gasteiger partial charge in [-0.1, -0.05) is 43.6 Å². The van der Waals surface area contributed by atoms with Crippen molar-refractivity contribution in [1.29, 1.82) is 0 Å². The van der Waals surface area contributed by atoms with Gasteiger partial charge in [-0.2, -0.15) is 4.31 Å². The van der Waals surface area contributed by atoms with Gasteiger partial charge in [0.2, 0.25) is 10.0 Å². The lowest BCUT2D eigenvalue weighted by Gasteiger charge is -2.19. The molecule has 0 atom stereocenters. The highest BCUT2D eigenvalue weighted by Crippen LogP contribution is 2.26. The summed E-state index contributed by atoms with van der Waals surface area (Å²) in [5, 5.41) is 3.07. The maximum atomic E-state index is 13.8. The summed E-state index contributed by atoms with van der Waals surface area (Å²) in [5.74, 6) is -0.882. The van der Waals surface area contributed by atoms with Crippen molar-refractivity contribution in [3.05, 3.63) is 75.5 Å². The standard InChI is InChI=1S/C21H21ClFN3O3S2/c1-3-26(4-2)31(28,29)16-9-10-18(22)17(12-16)20(27)25-21-24-13-15(30-21)11-14-7-5-6-8-19(14)23/h5-10,12-13H,3-4,11H2,1-2H3,(H,24,25,27). The molecule has 10 heteroatoms. The van der Waals surface area contributed by atoms with Gasteiger partial charge in [0.15, 0.2) is 5.13 Å². The third-order valence-corrected chi connectivity index (χ3v) is 7.91. The maximum Gasteiger partial charge on any atom is 0.259 e. The molecule has 3 aromatic rings. The van der Waals surface area contributed by atoms with E-state index in [0.29, 0.717) is 30.2 Å². The number of carbonyl (C=O) groups excluding carboxylic acids is 1. The van der Waals surface area contributed by atoms with Crippen molar-refractivity contribution >= 4 is 44.0 Å². The Kier molecular flexibility index (Phi) is 7.42. The number of aromatic nitrogens is 1. The topological polar surface area (TPSA) is 79.4 Å². The molecule has 1 amide bonds. The average Bonchev–Trinajstić information content (AvgIpc) is 3.17. The van der Waals surface area contributed by atoms with Crippen molar-refractivity contribution < 1.29 is 17.6 Å². The number of halogens is 2. The summed E-state index contributed by atoms with van der Waals surface area (Å²) >= 11 is 7.36. The first-order valence-electron chi connectivity index (χ1n) is 9.55. The number of carbonyl (C=O) groups is 1. The van der Waals surface area contributed by atoms with Gasteiger partial charge in [-0.3, -0.25) is 10.1 Å².